The van der Waals surface area contributed by atoms with Crippen molar-refractivity contribution in [1.82, 2.24) is 0 Å². The van der Waals surface area contributed by atoms with E-state index in [1.807, 2.05) is 6.07 Å². The number of sulfone groups is 1. The van der Waals surface area contributed by atoms with Crippen LogP contribution in [0.3, 0.4) is 0 Å². The van der Waals surface area contributed by atoms with Crippen molar-refractivity contribution in [3.05, 3.63) is 64.7 Å². The van der Waals surface area contributed by atoms with Gasteiger partial charge in [-0.2, -0.15) is 18.4 Å². The number of nitrogens with zero attached hydrogens (tertiary/aromatic N) is 1. The van der Waals surface area contributed by atoms with E-state index >= 15 is 0 Å². The van der Waals surface area contributed by atoms with Crippen molar-refractivity contribution in [2.24, 2.45) is 5.92 Å². The monoisotopic (exact) mass is 441 g/mol. The number of ketones is 1. The van der Waals surface area contributed by atoms with Gasteiger partial charge in [-0.05, 0) is 48.4 Å². The Balaban J connectivity index is 2.21. The van der Waals surface area contributed by atoms with Gasteiger partial charge in [-0.3, -0.25) is 4.79 Å². The summed E-state index contributed by atoms with van der Waals surface area (Å²) in [5.41, 5.74) is -0.870. The van der Waals surface area contributed by atoms with Gasteiger partial charge in [0, 0.05) is 23.8 Å². The van der Waals surface area contributed by atoms with Crippen molar-refractivity contribution >= 4 is 27.2 Å². The quantitative estimate of drug-likeness (QED) is 0.674. The molecule has 0 saturated heterocycles. The number of nitriles is 1. The van der Waals surface area contributed by atoms with Gasteiger partial charge in [-0.25, -0.2) is 8.42 Å². The summed E-state index contributed by atoms with van der Waals surface area (Å²) >= 11 is 5.89. The molecular formula is C20H15ClF3NO3S. The Morgan fingerprint density at radius 1 is 1.00 bits per heavy atom. The molecule has 1 fully saturated rings. The third kappa shape index (κ3) is 3.65. The topological polar surface area (TPSA) is 75.0 Å². The van der Waals surface area contributed by atoms with E-state index in [-0.39, 0.29) is 30.6 Å². The van der Waals surface area contributed by atoms with Gasteiger partial charge in [0.2, 0.25) is 9.84 Å². The molecule has 29 heavy (non-hydrogen) atoms. The van der Waals surface area contributed by atoms with Crippen LogP contribution in [0.15, 0.2) is 53.4 Å². The van der Waals surface area contributed by atoms with Gasteiger partial charge in [0.1, 0.15) is 5.78 Å². The molecule has 2 atom stereocenters. The molecule has 0 aliphatic heterocycles. The lowest BCUT2D eigenvalue weighted by Crippen LogP contribution is -2.41. The van der Waals surface area contributed by atoms with E-state index in [2.05, 4.69) is 0 Å². The van der Waals surface area contributed by atoms with Gasteiger partial charge in [-0.15, -0.1) is 0 Å². The maximum Gasteiger partial charge on any atom is 0.416 e. The van der Waals surface area contributed by atoms with Gasteiger partial charge in [0.15, 0.2) is 4.75 Å². The second kappa shape index (κ2) is 7.47. The Morgan fingerprint density at radius 3 is 2.00 bits per heavy atom. The first-order valence-electron chi connectivity index (χ1n) is 8.63. The van der Waals surface area contributed by atoms with E-state index in [0.717, 1.165) is 12.1 Å². The highest BCUT2D eigenvalue weighted by atomic mass is 35.5. The smallest absolute Gasteiger partial charge is 0.300 e. The Bertz CT molecular complexity index is 1070. The Kier molecular flexibility index (Phi) is 5.50. The standard InChI is InChI=1S/C20H15ClF3NO3S/c21-16-6-1-13(2-7-16)19(12-25,15-3-8-17(26)11-15)29(27,28)18-9-4-14(5-10-18)20(22,23)24/h1-2,4-7,9-10,15H,3,8,11H2/t15-,19+/m0/s1. The van der Waals surface area contributed by atoms with Gasteiger partial charge < -0.3 is 0 Å². The molecule has 0 spiro atoms. The number of rotatable bonds is 4. The molecule has 1 aliphatic carbocycles. The maximum atomic E-state index is 13.6. The average Bonchev–Trinajstić information content (AvgIpc) is 3.10. The van der Waals surface area contributed by atoms with E-state index in [4.69, 9.17) is 11.6 Å². The molecule has 0 bridgehead atoms. The summed E-state index contributed by atoms with van der Waals surface area (Å²) in [6.07, 6.45) is -4.39. The Labute approximate surface area is 170 Å². The minimum absolute atomic E-state index is 0.101. The first kappa shape index (κ1) is 21.3. The number of Topliss-reactive ketones (excluding diaryl/α,β-unsaturated/α-hetero) is 1. The minimum atomic E-state index is -4.62. The first-order chi connectivity index (χ1) is 13.5. The van der Waals surface area contributed by atoms with Crippen LogP contribution in [0.4, 0.5) is 13.2 Å². The van der Waals surface area contributed by atoms with Crippen LogP contribution in [0, 0.1) is 17.2 Å². The van der Waals surface area contributed by atoms with Crippen LogP contribution >= 0.6 is 11.6 Å². The lowest BCUT2D eigenvalue weighted by Gasteiger charge is -2.32. The summed E-state index contributed by atoms with van der Waals surface area (Å²) in [6.45, 7) is 0. The predicted molar refractivity (Wildman–Crippen MR) is 99.7 cm³/mol. The number of benzene rings is 2. The molecular weight excluding hydrogens is 427 g/mol. The number of hydrogen-bond acceptors (Lipinski definition) is 4. The largest absolute Gasteiger partial charge is 0.416 e. The van der Waals surface area contributed by atoms with Crippen molar-refractivity contribution in [2.75, 3.05) is 0 Å². The first-order valence-corrected chi connectivity index (χ1v) is 10.5. The third-order valence-electron chi connectivity index (χ3n) is 5.18. The maximum absolute atomic E-state index is 13.6. The molecule has 2 aromatic rings. The van der Waals surface area contributed by atoms with Crippen molar-refractivity contribution in [3.8, 4) is 6.07 Å². The summed E-state index contributed by atoms with van der Waals surface area (Å²) in [7, 11) is -4.47. The van der Waals surface area contributed by atoms with Gasteiger partial charge >= 0.3 is 6.18 Å². The van der Waals surface area contributed by atoms with Gasteiger partial charge in [0.25, 0.3) is 0 Å². The fraction of sp³-hybridized carbons (Fsp3) is 0.300. The van der Waals surface area contributed by atoms with Crippen molar-refractivity contribution < 1.29 is 26.4 Å². The second-order valence-electron chi connectivity index (χ2n) is 6.86. The fourth-order valence-electron chi connectivity index (χ4n) is 3.69. The minimum Gasteiger partial charge on any atom is -0.300 e. The van der Waals surface area contributed by atoms with Crippen LogP contribution in [0.1, 0.15) is 30.4 Å². The summed E-state index contributed by atoms with van der Waals surface area (Å²) in [6, 6.07) is 10.6. The van der Waals surface area contributed by atoms with Gasteiger partial charge in [-0.1, -0.05) is 23.7 Å². The summed E-state index contributed by atoms with van der Waals surface area (Å²) < 4.78 is 63.6. The number of hydrogen-bond donors (Lipinski definition) is 0. The highest BCUT2D eigenvalue weighted by Crippen LogP contribution is 2.48. The van der Waals surface area contributed by atoms with E-state index in [1.165, 1.54) is 24.3 Å². The van der Waals surface area contributed by atoms with Crippen LogP contribution in [-0.4, -0.2) is 14.2 Å². The van der Waals surface area contributed by atoms with E-state index in [1.54, 1.807) is 0 Å². The number of alkyl halides is 3. The highest BCUT2D eigenvalue weighted by Gasteiger charge is 2.54. The number of carbonyl (C=O) groups is 1. The normalized spacial score (nSPS) is 19.6. The molecule has 0 unspecified atom stereocenters. The lowest BCUT2D eigenvalue weighted by atomic mass is 9.85. The van der Waals surface area contributed by atoms with Crippen LogP contribution in [0.25, 0.3) is 0 Å². The zero-order valence-electron chi connectivity index (χ0n) is 14.9. The summed E-state index contributed by atoms with van der Waals surface area (Å²) in [4.78, 5) is 11.5. The zero-order valence-corrected chi connectivity index (χ0v) is 16.5. The van der Waals surface area contributed by atoms with Crippen LogP contribution in [0.5, 0.6) is 0 Å². The molecule has 0 amide bonds. The fourth-order valence-corrected chi connectivity index (χ4v) is 5.89. The van der Waals surface area contributed by atoms with E-state index in [0.29, 0.717) is 17.2 Å². The van der Waals surface area contributed by atoms with E-state index < -0.39 is 37.1 Å². The molecule has 1 aliphatic rings. The molecule has 3 rings (SSSR count). The average molecular weight is 442 g/mol. The molecule has 0 heterocycles. The number of carbonyl (C=O) groups excluding carboxylic acids is 1. The third-order valence-corrected chi connectivity index (χ3v) is 7.83. The van der Waals surface area contributed by atoms with Crippen LogP contribution < -0.4 is 0 Å². The lowest BCUT2D eigenvalue weighted by molar-refractivity contribution is -0.137. The van der Waals surface area contributed by atoms with Crippen LogP contribution in [0.2, 0.25) is 5.02 Å². The SMILES string of the molecule is N#C[C@@](c1ccc(Cl)cc1)([C@H]1CCC(=O)C1)S(=O)(=O)c1ccc(C(F)(F)F)cc1. The molecule has 2 aromatic carbocycles. The summed E-state index contributed by atoms with van der Waals surface area (Å²) in [5, 5.41) is 10.4. The summed E-state index contributed by atoms with van der Waals surface area (Å²) in [5.74, 6) is -0.986. The number of halogens is 4. The van der Waals surface area contributed by atoms with Gasteiger partial charge in [0.05, 0.1) is 16.5 Å². The molecule has 4 nitrogen and oxygen atoms in total. The van der Waals surface area contributed by atoms with Crippen molar-refractivity contribution in [3.63, 3.8) is 0 Å². The highest BCUT2D eigenvalue weighted by molar-refractivity contribution is 7.92. The Morgan fingerprint density at radius 2 is 1.55 bits per heavy atom. The molecule has 0 aromatic heterocycles. The van der Waals surface area contributed by atoms with Crippen molar-refractivity contribution in [2.45, 2.75) is 35.1 Å². The van der Waals surface area contributed by atoms with Crippen molar-refractivity contribution in [1.29, 1.82) is 5.26 Å². The van der Waals surface area contributed by atoms with Crippen LogP contribution in [-0.2, 0) is 25.6 Å². The second-order valence-corrected chi connectivity index (χ2v) is 9.42. The molecule has 0 N–H and O–H groups in total. The molecule has 0 radical (unpaired) electrons. The molecule has 9 heteroatoms. The molecule has 1 saturated carbocycles. The zero-order chi connectivity index (χ0) is 21.4. The molecule has 152 valence electrons. The van der Waals surface area contributed by atoms with E-state index in [9.17, 15) is 31.6 Å². The predicted octanol–water partition coefficient (Wildman–Crippen LogP) is 4.92. The Hall–Kier alpha value is -2.37.